The van der Waals surface area contributed by atoms with Crippen molar-refractivity contribution in [1.29, 1.82) is 0 Å². The predicted octanol–water partition coefficient (Wildman–Crippen LogP) is 3.79. The van der Waals surface area contributed by atoms with Crippen molar-refractivity contribution in [3.8, 4) is 12.3 Å². The number of carbonyl (C=O) groups excluding carboxylic acids is 1. The van der Waals surface area contributed by atoms with E-state index in [1.807, 2.05) is 30.3 Å². The Bertz CT molecular complexity index is 1210. The highest BCUT2D eigenvalue weighted by Gasteiger charge is 2.41. The number of hydrogen-bond donors (Lipinski definition) is 2. The first kappa shape index (κ1) is 24.8. The van der Waals surface area contributed by atoms with Crippen LogP contribution < -0.4 is 5.73 Å². The van der Waals surface area contributed by atoms with Gasteiger partial charge in [0.2, 0.25) is 5.28 Å². The number of nitrogens with zero attached hydrogens (tertiary/aromatic N) is 3. The molecule has 0 spiro atoms. The van der Waals surface area contributed by atoms with Crippen LogP contribution in [0.15, 0.2) is 42.6 Å². The molecule has 1 fully saturated rings. The van der Waals surface area contributed by atoms with Gasteiger partial charge >= 0.3 is 6.16 Å². The molecule has 1 aliphatic rings. The lowest BCUT2D eigenvalue weighted by Gasteiger charge is -2.23. The summed E-state index contributed by atoms with van der Waals surface area (Å²) in [6.07, 6.45) is 7.38. The fraction of sp³-hybridized carbons (Fsp3) is 0.304. The molecule has 3 heterocycles. The molecule has 2 atom stereocenters. The second-order valence-electron chi connectivity index (χ2n) is 7.42. The SMILES string of the molecule is C#CC1(COC(=O)OCc2ccccc2)CC[C@H](n2ccc3c(N)nc(Cl)nc32)O1.CC(=O)O. The number of carboxylic acid groups (broad SMARTS) is 1. The average Bonchev–Trinajstić information content (AvgIpc) is 3.41. The molecule has 0 bridgehead atoms. The van der Waals surface area contributed by atoms with Crippen LogP contribution in [0.4, 0.5) is 10.6 Å². The Kier molecular flexibility index (Phi) is 7.94. The number of nitrogen functional groups attached to an aromatic ring is 1. The molecule has 1 aromatic carbocycles. The summed E-state index contributed by atoms with van der Waals surface area (Å²) in [5.74, 6) is 2.07. The van der Waals surface area contributed by atoms with Crippen molar-refractivity contribution in [2.75, 3.05) is 12.3 Å². The van der Waals surface area contributed by atoms with Crippen molar-refractivity contribution < 1.29 is 28.9 Å². The van der Waals surface area contributed by atoms with E-state index in [9.17, 15) is 4.79 Å². The van der Waals surface area contributed by atoms with Crippen LogP contribution in [0.1, 0.15) is 31.6 Å². The second kappa shape index (κ2) is 10.9. The summed E-state index contributed by atoms with van der Waals surface area (Å²) in [6, 6.07) is 11.1. The minimum atomic E-state index is -1.06. The highest BCUT2D eigenvalue weighted by atomic mass is 35.5. The first-order chi connectivity index (χ1) is 16.2. The highest BCUT2D eigenvalue weighted by molar-refractivity contribution is 6.28. The van der Waals surface area contributed by atoms with Gasteiger partial charge in [0.05, 0.1) is 5.39 Å². The molecule has 34 heavy (non-hydrogen) atoms. The fourth-order valence-electron chi connectivity index (χ4n) is 3.38. The third-order valence-corrected chi connectivity index (χ3v) is 5.10. The molecule has 0 radical (unpaired) electrons. The Morgan fingerprint density at radius 1 is 1.32 bits per heavy atom. The predicted molar refractivity (Wildman–Crippen MR) is 124 cm³/mol. The maximum Gasteiger partial charge on any atom is 0.508 e. The first-order valence-electron chi connectivity index (χ1n) is 10.2. The van der Waals surface area contributed by atoms with E-state index in [2.05, 4.69) is 15.9 Å². The Labute approximate surface area is 200 Å². The largest absolute Gasteiger partial charge is 0.508 e. The Balaban J connectivity index is 0.000000751. The van der Waals surface area contributed by atoms with Crippen LogP contribution in [0.2, 0.25) is 5.28 Å². The number of ether oxygens (including phenoxy) is 3. The molecular formula is C23H23ClN4O6. The molecule has 1 saturated heterocycles. The molecule has 0 aliphatic carbocycles. The average molecular weight is 487 g/mol. The van der Waals surface area contributed by atoms with Crippen LogP contribution in [0.3, 0.4) is 0 Å². The smallest absolute Gasteiger partial charge is 0.481 e. The number of carbonyl (C=O) groups is 2. The second-order valence-corrected chi connectivity index (χ2v) is 7.76. The topological polar surface area (TPSA) is 139 Å². The Morgan fingerprint density at radius 2 is 2.03 bits per heavy atom. The molecule has 0 amide bonds. The summed E-state index contributed by atoms with van der Waals surface area (Å²) < 4.78 is 18.2. The molecule has 1 aliphatic heterocycles. The van der Waals surface area contributed by atoms with Crippen molar-refractivity contribution >= 4 is 40.6 Å². The standard InChI is InChI=1S/C21H19ClN4O4.C2H4O2/c1-2-21(13-29-20(27)28-12-14-6-4-3-5-7-14)10-8-16(30-21)26-11-9-15-17(23)24-19(22)25-18(15)26;1-2(3)4/h1,3-7,9,11,16H,8,10,12-13H2,(H2,23,24,25);1H3,(H,3,4)/t16-,21?;/m1./s1. The monoisotopic (exact) mass is 486 g/mol. The minimum Gasteiger partial charge on any atom is -0.481 e. The number of fused-ring (bicyclic) bond motifs is 1. The number of aromatic nitrogens is 3. The van der Waals surface area contributed by atoms with E-state index in [0.717, 1.165) is 12.5 Å². The molecular weight excluding hydrogens is 464 g/mol. The molecule has 1 unspecified atom stereocenters. The van der Waals surface area contributed by atoms with Crippen LogP contribution in [0.5, 0.6) is 0 Å². The van der Waals surface area contributed by atoms with Crippen molar-refractivity contribution in [3.05, 3.63) is 53.4 Å². The Hall–Kier alpha value is -3.81. The summed E-state index contributed by atoms with van der Waals surface area (Å²) in [5.41, 5.74) is 6.25. The van der Waals surface area contributed by atoms with Gasteiger partial charge in [-0.15, -0.1) is 6.42 Å². The highest BCUT2D eigenvalue weighted by Crippen LogP contribution is 2.38. The third-order valence-electron chi connectivity index (χ3n) is 4.93. The number of terminal acetylenes is 1. The van der Waals surface area contributed by atoms with E-state index in [4.69, 9.17) is 47.9 Å². The van der Waals surface area contributed by atoms with Crippen molar-refractivity contribution in [2.24, 2.45) is 0 Å². The molecule has 11 heteroatoms. The van der Waals surface area contributed by atoms with E-state index < -0.39 is 24.0 Å². The van der Waals surface area contributed by atoms with Gasteiger partial charge in [-0.2, -0.15) is 4.98 Å². The van der Waals surface area contributed by atoms with Gasteiger partial charge in [0.15, 0.2) is 5.60 Å². The van der Waals surface area contributed by atoms with E-state index in [0.29, 0.717) is 23.9 Å². The number of anilines is 1. The number of benzene rings is 1. The van der Waals surface area contributed by atoms with Crippen molar-refractivity contribution in [1.82, 2.24) is 14.5 Å². The van der Waals surface area contributed by atoms with E-state index in [-0.39, 0.29) is 24.3 Å². The molecule has 178 valence electrons. The molecule has 3 N–H and O–H groups in total. The molecule has 4 rings (SSSR count). The van der Waals surface area contributed by atoms with Crippen LogP contribution in [-0.4, -0.2) is 44.0 Å². The lowest BCUT2D eigenvalue weighted by Crippen LogP contribution is -2.34. The van der Waals surface area contributed by atoms with Gasteiger partial charge < -0.3 is 29.6 Å². The summed E-state index contributed by atoms with van der Waals surface area (Å²) in [4.78, 5) is 29.2. The summed E-state index contributed by atoms with van der Waals surface area (Å²) in [7, 11) is 0. The maximum absolute atomic E-state index is 12.0. The first-order valence-corrected chi connectivity index (χ1v) is 10.6. The van der Waals surface area contributed by atoms with Crippen LogP contribution in [0, 0.1) is 12.3 Å². The lowest BCUT2D eigenvalue weighted by molar-refractivity contribution is -0.134. The van der Waals surface area contributed by atoms with Gasteiger partial charge in [-0.05, 0) is 36.1 Å². The normalized spacial score (nSPS) is 19.0. The molecule has 10 nitrogen and oxygen atoms in total. The zero-order chi connectivity index (χ0) is 24.7. The van der Waals surface area contributed by atoms with E-state index in [1.54, 1.807) is 16.8 Å². The number of halogens is 1. The van der Waals surface area contributed by atoms with Crippen LogP contribution in [-0.2, 0) is 25.6 Å². The van der Waals surface area contributed by atoms with Crippen LogP contribution in [0.25, 0.3) is 11.0 Å². The van der Waals surface area contributed by atoms with E-state index >= 15 is 0 Å². The molecule has 0 saturated carbocycles. The third kappa shape index (κ3) is 6.15. The zero-order valence-corrected chi connectivity index (χ0v) is 19.1. The molecule has 3 aromatic rings. The van der Waals surface area contributed by atoms with Gasteiger partial charge in [-0.3, -0.25) is 4.79 Å². The number of rotatable bonds is 5. The lowest BCUT2D eigenvalue weighted by atomic mass is 10.0. The quantitative estimate of drug-likeness (QED) is 0.313. The van der Waals surface area contributed by atoms with Gasteiger partial charge in [0.25, 0.3) is 5.97 Å². The maximum atomic E-state index is 12.0. The van der Waals surface area contributed by atoms with Crippen molar-refractivity contribution in [3.63, 3.8) is 0 Å². The summed E-state index contributed by atoms with van der Waals surface area (Å²) in [6.45, 7) is 1.08. The number of carboxylic acids is 1. The van der Waals surface area contributed by atoms with Gasteiger partial charge in [-0.1, -0.05) is 36.3 Å². The number of hydrogen-bond acceptors (Lipinski definition) is 8. The summed E-state index contributed by atoms with van der Waals surface area (Å²) >= 11 is 5.94. The number of aliphatic carboxylic acids is 1. The minimum absolute atomic E-state index is 0.0469. The van der Waals surface area contributed by atoms with Gasteiger partial charge in [0, 0.05) is 13.1 Å². The van der Waals surface area contributed by atoms with Gasteiger partial charge in [-0.25, -0.2) is 9.78 Å². The van der Waals surface area contributed by atoms with E-state index in [1.165, 1.54) is 0 Å². The molecule has 2 aromatic heterocycles. The summed E-state index contributed by atoms with van der Waals surface area (Å²) in [5, 5.41) is 8.13. The Morgan fingerprint density at radius 3 is 2.71 bits per heavy atom. The number of nitrogens with two attached hydrogens (primary N) is 1. The fourth-order valence-corrected chi connectivity index (χ4v) is 3.55. The van der Waals surface area contributed by atoms with Crippen molar-refractivity contribution in [2.45, 2.75) is 38.2 Å². The van der Waals surface area contributed by atoms with Crippen LogP contribution >= 0.6 is 11.6 Å². The van der Waals surface area contributed by atoms with Gasteiger partial charge in [0.1, 0.15) is 30.9 Å². The zero-order valence-electron chi connectivity index (χ0n) is 18.3.